The van der Waals surface area contributed by atoms with Crippen molar-refractivity contribution >= 4 is 54.1 Å². The van der Waals surface area contributed by atoms with Gasteiger partial charge in [-0.2, -0.15) is 24.4 Å². The molecule has 13 nitrogen and oxygen atoms in total. The third-order valence-electron chi connectivity index (χ3n) is 4.66. The normalized spacial score (nSPS) is 14.3. The van der Waals surface area contributed by atoms with Gasteiger partial charge in [0.25, 0.3) is 0 Å². The van der Waals surface area contributed by atoms with Gasteiger partial charge in [-0.1, -0.05) is 0 Å². The third kappa shape index (κ3) is 10.4. The van der Waals surface area contributed by atoms with E-state index in [1.807, 2.05) is 6.26 Å². The van der Waals surface area contributed by atoms with Crippen LogP contribution < -0.4 is 21.7 Å². The quantitative estimate of drug-likeness (QED) is 0.117. The summed E-state index contributed by atoms with van der Waals surface area (Å²) in [5.74, 6) is -4.29. The SMILES string of the molecule is CSCCC(N)C(=O)NC(CCC(=O)O)C(=O)NC(CS)C(=O)NC(Cc1cnc[nH]1)C(=O)O. The lowest BCUT2D eigenvalue weighted by atomic mass is 10.1. The number of carboxylic acids is 2. The molecule has 1 heterocycles. The lowest BCUT2D eigenvalue weighted by Gasteiger charge is -2.24. The number of aliphatic carboxylic acids is 2. The first kappa shape index (κ1) is 29.3. The lowest BCUT2D eigenvalue weighted by Crippen LogP contribution is -2.58. The number of thiol groups is 1. The monoisotopic (exact) mass is 518 g/mol. The predicted octanol–water partition coefficient (Wildman–Crippen LogP) is -1.63. The summed E-state index contributed by atoms with van der Waals surface area (Å²) in [5.41, 5.74) is 6.29. The van der Waals surface area contributed by atoms with E-state index < -0.39 is 60.2 Å². The molecule has 0 radical (unpaired) electrons. The van der Waals surface area contributed by atoms with Crippen LogP contribution in [-0.2, 0) is 30.4 Å². The summed E-state index contributed by atoms with van der Waals surface area (Å²) in [4.78, 5) is 66.8. The molecule has 0 aliphatic rings. The maximum Gasteiger partial charge on any atom is 0.326 e. The van der Waals surface area contributed by atoms with Gasteiger partial charge in [0.1, 0.15) is 18.1 Å². The first-order valence-electron chi connectivity index (χ1n) is 10.3. The van der Waals surface area contributed by atoms with Crippen LogP contribution >= 0.6 is 24.4 Å². The fourth-order valence-corrected chi connectivity index (χ4v) is 3.49. The van der Waals surface area contributed by atoms with Gasteiger partial charge in [-0.15, -0.1) is 0 Å². The number of hydrogen-bond donors (Lipinski definition) is 8. The van der Waals surface area contributed by atoms with Crippen molar-refractivity contribution in [2.75, 3.05) is 17.8 Å². The van der Waals surface area contributed by atoms with E-state index in [0.29, 0.717) is 17.9 Å². The zero-order chi connectivity index (χ0) is 25.7. The van der Waals surface area contributed by atoms with Crippen LogP contribution in [0.4, 0.5) is 0 Å². The van der Waals surface area contributed by atoms with Gasteiger partial charge in [0, 0.05) is 30.5 Å². The second-order valence-corrected chi connectivity index (χ2v) is 8.66. The molecule has 3 amide bonds. The summed E-state index contributed by atoms with van der Waals surface area (Å²) in [6.07, 6.45) is 4.27. The highest BCUT2D eigenvalue weighted by atomic mass is 32.2. The number of carboxylic acid groups (broad SMARTS) is 2. The number of aromatic nitrogens is 2. The number of nitrogens with zero attached hydrogens (tertiary/aromatic N) is 1. The number of aromatic amines is 1. The first-order chi connectivity index (χ1) is 16.1. The summed E-state index contributed by atoms with van der Waals surface area (Å²) in [7, 11) is 0. The van der Waals surface area contributed by atoms with Crippen molar-refractivity contribution in [3.8, 4) is 0 Å². The van der Waals surface area contributed by atoms with E-state index in [0.717, 1.165) is 0 Å². The Bertz CT molecular complexity index is 839. The summed E-state index contributed by atoms with van der Waals surface area (Å²) < 4.78 is 0. The van der Waals surface area contributed by atoms with Crippen LogP contribution in [0.2, 0.25) is 0 Å². The van der Waals surface area contributed by atoms with Crippen LogP contribution in [0.5, 0.6) is 0 Å². The highest BCUT2D eigenvalue weighted by Gasteiger charge is 2.30. The Morgan fingerprint density at radius 3 is 2.21 bits per heavy atom. The summed E-state index contributed by atoms with van der Waals surface area (Å²) in [6, 6.07) is -4.70. The van der Waals surface area contributed by atoms with Gasteiger partial charge in [-0.05, 0) is 24.9 Å². The Hall–Kier alpha value is -2.78. The van der Waals surface area contributed by atoms with Crippen molar-refractivity contribution in [2.45, 2.75) is 49.9 Å². The molecule has 0 aliphatic heterocycles. The highest BCUT2D eigenvalue weighted by molar-refractivity contribution is 7.98. The number of hydrogen-bond acceptors (Lipinski definition) is 9. The molecule has 0 bridgehead atoms. The number of nitrogens with one attached hydrogen (secondary N) is 4. The maximum atomic E-state index is 12.8. The van der Waals surface area contributed by atoms with E-state index in [1.54, 1.807) is 0 Å². The second kappa shape index (κ2) is 15.2. The average molecular weight is 519 g/mol. The van der Waals surface area contributed by atoms with Crippen LogP contribution in [0.15, 0.2) is 12.5 Å². The maximum absolute atomic E-state index is 12.8. The molecular formula is C19H30N6O7S2. The summed E-state index contributed by atoms with van der Waals surface area (Å²) >= 11 is 5.54. The minimum atomic E-state index is -1.30. The number of carbonyl (C=O) groups is 5. The van der Waals surface area contributed by atoms with E-state index >= 15 is 0 Å². The van der Waals surface area contributed by atoms with E-state index in [9.17, 15) is 29.1 Å². The van der Waals surface area contributed by atoms with Gasteiger partial charge in [-0.3, -0.25) is 19.2 Å². The Morgan fingerprint density at radius 2 is 1.68 bits per heavy atom. The zero-order valence-corrected chi connectivity index (χ0v) is 20.2. The van der Waals surface area contributed by atoms with Crippen molar-refractivity contribution in [1.82, 2.24) is 25.9 Å². The average Bonchev–Trinajstić information content (AvgIpc) is 3.30. The molecule has 8 N–H and O–H groups in total. The number of nitrogens with two attached hydrogens (primary N) is 1. The fourth-order valence-electron chi connectivity index (χ4n) is 2.75. The van der Waals surface area contributed by atoms with Crippen molar-refractivity contribution < 1.29 is 34.2 Å². The topological polar surface area (TPSA) is 217 Å². The first-order valence-corrected chi connectivity index (χ1v) is 12.3. The number of thioether (sulfide) groups is 1. The van der Waals surface area contributed by atoms with Crippen LogP contribution in [0.3, 0.4) is 0 Å². The number of imidazole rings is 1. The summed E-state index contributed by atoms with van der Waals surface area (Å²) in [6.45, 7) is 0. The van der Waals surface area contributed by atoms with E-state index in [2.05, 4.69) is 38.5 Å². The van der Waals surface area contributed by atoms with Crippen molar-refractivity contribution in [1.29, 1.82) is 0 Å². The molecule has 0 aliphatic carbocycles. The van der Waals surface area contributed by atoms with E-state index in [1.165, 1.54) is 24.3 Å². The summed E-state index contributed by atoms with van der Waals surface area (Å²) in [5, 5.41) is 25.5. The molecule has 0 fully saturated rings. The van der Waals surface area contributed by atoms with Crippen LogP contribution in [-0.4, -0.2) is 91.8 Å². The van der Waals surface area contributed by atoms with Crippen molar-refractivity contribution in [3.63, 3.8) is 0 Å². The molecule has 0 spiro atoms. The molecule has 0 aromatic carbocycles. The van der Waals surface area contributed by atoms with Crippen LogP contribution in [0.25, 0.3) is 0 Å². The molecule has 190 valence electrons. The standard InChI is InChI=1S/C19H30N6O7S2/c1-34-5-4-11(20)16(28)23-12(2-3-15(26)27)17(29)25-14(8-33)18(30)24-13(19(31)32)6-10-7-21-9-22-10/h7,9,11-14,33H,2-6,8,20H2,1H3,(H,21,22)(H,23,28)(H,24,30)(H,25,29)(H,26,27)(H,31,32). The number of carbonyl (C=O) groups excluding carboxylic acids is 3. The Balaban J connectivity index is 2.84. The Kier molecular flexibility index (Phi) is 13.1. The minimum absolute atomic E-state index is 0.0699. The Labute approximate surface area is 205 Å². The number of H-pyrrole nitrogens is 1. The fraction of sp³-hybridized carbons (Fsp3) is 0.579. The smallest absolute Gasteiger partial charge is 0.326 e. The molecule has 0 saturated heterocycles. The zero-order valence-electron chi connectivity index (χ0n) is 18.5. The number of rotatable bonds is 16. The minimum Gasteiger partial charge on any atom is -0.481 e. The van der Waals surface area contributed by atoms with Gasteiger partial charge in [0.15, 0.2) is 0 Å². The molecule has 4 unspecified atom stereocenters. The van der Waals surface area contributed by atoms with Gasteiger partial charge >= 0.3 is 11.9 Å². The molecule has 34 heavy (non-hydrogen) atoms. The van der Waals surface area contributed by atoms with Gasteiger partial charge in [-0.25, -0.2) is 9.78 Å². The van der Waals surface area contributed by atoms with Crippen molar-refractivity contribution in [3.05, 3.63) is 18.2 Å². The molecular weight excluding hydrogens is 488 g/mol. The van der Waals surface area contributed by atoms with Crippen LogP contribution in [0.1, 0.15) is 25.0 Å². The molecule has 1 aromatic heterocycles. The third-order valence-corrected chi connectivity index (χ3v) is 5.67. The lowest BCUT2D eigenvalue weighted by molar-refractivity contribution is -0.142. The Morgan fingerprint density at radius 1 is 1.06 bits per heavy atom. The van der Waals surface area contributed by atoms with Crippen LogP contribution in [0, 0.1) is 0 Å². The second-order valence-electron chi connectivity index (χ2n) is 7.31. The highest BCUT2D eigenvalue weighted by Crippen LogP contribution is 2.05. The predicted molar refractivity (Wildman–Crippen MR) is 127 cm³/mol. The van der Waals surface area contributed by atoms with Gasteiger partial charge in [0.05, 0.1) is 12.4 Å². The van der Waals surface area contributed by atoms with Crippen molar-refractivity contribution in [2.24, 2.45) is 5.73 Å². The molecule has 1 rings (SSSR count). The van der Waals surface area contributed by atoms with Gasteiger partial charge < -0.3 is 36.9 Å². The molecule has 15 heteroatoms. The molecule has 4 atom stereocenters. The molecule has 0 saturated carbocycles. The van der Waals surface area contributed by atoms with E-state index in [-0.39, 0.29) is 18.6 Å². The molecule has 1 aromatic rings. The number of amides is 3. The van der Waals surface area contributed by atoms with Gasteiger partial charge in [0.2, 0.25) is 17.7 Å². The van der Waals surface area contributed by atoms with E-state index in [4.69, 9.17) is 10.8 Å². The largest absolute Gasteiger partial charge is 0.481 e.